The van der Waals surface area contributed by atoms with Gasteiger partial charge in [0.25, 0.3) is 0 Å². The predicted molar refractivity (Wildman–Crippen MR) is 67.1 cm³/mol. The summed E-state index contributed by atoms with van der Waals surface area (Å²) in [6, 6.07) is 6.65. The predicted octanol–water partition coefficient (Wildman–Crippen LogP) is 3.12. The van der Waals surface area contributed by atoms with E-state index >= 15 is 0 Å². The lowest BCUT2D eigenvalue weighted by Crippen LogP contribution is -2.01. The monoisotopic (exact) mass is 224 g/mol. The Morgan fingerprint density at radius 2 is 1.88 bits per heavy atom. The molecule has 1 aliphatic carbocycles. The maximum absolute atomic E-state index is 12.1. The van der Waals surface area contributed by atoms with E-state index in [9.17, 15) is 9.59 Å². The summed E-state index contributed by atoms with van der Waals surface area (Å²) in [6.45, 7) is 0. The summed E-state index contributed by atoms with van der Waals surface area (Å²) in [5.41, 5.74) is 1.84. The second kappa shape index (κ2) is 5.21. The Balaban J connectivity index is 2.27. The highest BCUT2D eigenvalue weighted by molar-refractivity contribution is 6.10. The van der Waals surface area contributed by atoms with Crippen LogP contribution in [0.4, 0.5) is 0 Å². The first-order valence-electron chi connectivity index (χ1n) is 5.44. The van der Waals surface area contributed by atoms with Gasteiger partial charge in [0, 0.05) is 16.7 Å². The summed E-state index contributed by atoms with van der Waals surface area (Å²) in [4.78, 5) is 22.6. The fourth-order valence-corrected chi connectivity index (χ4v) is 1.61. The number of carbonyl (C=O) groups excluding carboxylic acids is 2. The third kappa shape index (κ3) is 2.67. The van der Waals surface area contributed by atoms with Crippen LogP contribution in [0.1, 0.15) is 27.1 Å². The molecule has 0 spiro atoms. The van der Waals surface area contributed by atoms with E-state index in [1.165, 1.54) is 0 Å². The quantitative estimate of drug-likeness (QED) is 0.584. The summed E-state index contributed by atoms with van der Waals surface area (Å²) in [6.07, 6.45) is 11.1. The molecule has 1 aromatic rings. The van der Waals surface area contributed by atoms with E-state index < -0.39 is 0 Å². The number of hydrogen-bond acceptors (Lipinski definition) is 2. The Morgan fingerprint density at radius 1 is 1.12 bits per heavy atom. The van der Waals surface area contributed by atoms with Crippen LogP contribution in [0.2, 0.25) is 0 Å². The minimum atomic E-state index is -0.0229. The third-order valence-electron chi connectivity index (χ3n) is 2.55. The number of aldehydes is 1. The third-order valence-corrected chi connectivity index (χ3v) is 2.55. The summed E-state index contributed by atoms with van der Waals surface area (Å²) >= 11 is 0. The van der Waals surface area contributed by atoms with E-state index in [0.29, 0.717) is 16.7 Å². The van der Waals surface area contributed by atoms with Crippen molar-refractivity contribution in [2.24, 2.45) is 0 Å². The van der Waals surface area contributed by atoms with Crippen LogP contribution in [0, 0.1) is 0 Å². The van der Waals surface area contributed by atoms with Gasteiger partial charge in [-0.25, -0.2) is 0 Å². The molecule has 2 rings (SSSR count). The van der Waals surface area contributed by atoms with Gasteiger partial charge in [0.1, 0.15) is 6.29 Å². The van der Waals surface area contributed by atoms with Gasteiger partial charge in [0.05, 0.1) is 0 Å². The average molecular weight is 224 g/mol. The van der Waals surface area contributed by atoms with Crippen molar-refractivity contribution in [2.75, 3.05) is 0 Å². The zero-order valence-corrected chi connectivity index (χ0v) is 9.30. The van der Waals surface area contributed by atoms with Crippen molar-refractivity contribution in [2.45, 2.75) is 6.42 Å². The van der Waals surface area contributed by atoms with E-state index in [1.807, 2.05) is 24.3 Å². The van der Waals surface area contributed by atoms with Crippen LogP contribution in [-0.4, -0.2) is 12.1 Å². The smallest absolute Gasteiger partial charge is 0.193 e. The lowest BCUT2D eigenvalue weighted by molar-refractivity contribution is 0.103. The highest BCUT2D eigenvalue weighted by Gasteiger charge is 2.09. The van der Waals surface area contributed by atoms with Crippen molar-refractivity contribution in [1.82, 2.24) is 0 Å². The Morgan fingerprint density at radius 3 is 2.59 bits per heavy atom. The van der Waals surface area contributed by atoms with Gasteiger partial charge in [0.15, 0.2) is 5.78 Å². The zero-order valence-electron chi connectivity index (χ0n) is 9.30. The lowest BCUT2D eigenvalue weighted by Gasteiger charge is -2.01. The molecule has 1 aromatic carbocycles. The Hall–Kier alpha value is -2.22. The molecule has 0 atom stereocenters. The highest BCUT2D eigenvalue weighted by atomic mass is 16.1. The molecule has 0 fully saturated rings. The molecule has 0 aromatic heterocycles. The van der Waals surface area contributed by atoms with Crippen LogP contribution in [0.25, 0.3) is 0 Å². The summed E-state index contributed by atoms with van der Waals surface area (Å²) in [7, 11) is 0. The van der Waals surface area contributed by atoms with Crippen LogP contribution < -0.4 is 0 Å². The number of carbonyl (C=O) groups is 2. The standard InChI is InChI=1S/C15H12O2/c16-11-12-7-9-14(10-8-12)15(17)13-5-3-1-2-4-6-13/h1,3-11H,2H2. The minimum absolute atomic E-state index is 0.0229. The lowest BCUT2D eigenvalue weighted by atomic mass is 10.0. The largest absolute Gasteiger partial charge is 0.298 e. The molecule has 2 nitrogen and oxygen atoms in total. The number of rotatable bonds is 3. The Labute approximate surface area is 100.0 Å². The van der Waals surface area contributed by atoms with Crippen molar-refractivity contribution in [3.63, 3.8) is 0 Å². The fourth-order valence-electron chi connectivity index (χ4n) is 1.61. The van der Waals surface area contributed by atoms with E-state index in [-0.39, 0.29) is 5.78 Å². The van der Waals surface area contributed by atoms with E-state index in [0.717, 1.165) is 12.7 Å². The second-order valence-electron chi connectivity index (χ2n) is 3.76. The van der Waals surface area contributed by atoms with Crippen LogP contribution in [0.3, 0.4) is 0 Å². The van der Waals surface area contributed by atoms with Crippen LogP contribution in [0.15, 0.2) is 60.2 Å². The van der Waals surface area contributed by atoms with E-state index in [1.54, 1.807) is 30.3 Å². The van der Waals surface area contributed by atoms with Gasteiger partial charge in [-0.3, -0.25) is 9.59 Å². The average Bonchev–Trinajstić information content (AvgIpc) is 2.67. The molecule has 0 amide bonds. The number of hydrogen-bond donors (Lipinski definition) is 0. The first kappa shape index (κ1) is 11.3. The first-order valence-corrected chi connectivity index (χ1v) is 5.44. The number of benzene rings is 1. The summed E-state index contributed by atoms with van der Waals surface area (Å²) in [5, 5.41) is 0. The molecule has 0 aliphatic heterocycles. The van der Waals surface area contributed by atoms with Gasteiger partial charge in [-0.15, -0.1) is 0 Å². The molecule has 0 N–H and O–H groups in total. The molecule has 0 bridgehead atoms. The summed E-state index contributed by atoms with van der Waals surface area (Å²) < 4.78 is 0. The molecule has 0 saturated heterocycles. The Bertz CT molecular complexity index is 516. The number of Topliss-reactive ketones (excluding diaryl/α,β-unsaturated/α-hetero) is 1. The molecule has 0 heterocycles. The van der Waals surface area contributed by atoms with Gasteiger partial charge in [-0.05, 0) is 6.42 Å². The molecular weight excluding hydrogens is 212 g/mol. The SMILES string of the molecule is O=Cc1ccc(C(=O)C2=CC=CCC=C2)cc1. The van der Waals surface area contributed by atoms with Gasteiger partial charge in [-0.1, -0.05) is 54.6 Å². The second-order valence-corrected chi connectivity index (χ2v) is 3.76. The van der Waals surface area contributed by atoms with Crippen LogP contribution in [-0.2, 0) is 0 Å². The highest BCUT2D eigenvalue weighted by Crippen LogP contribution is 2.13. The van der Waals surface area contributed by atoms with Gasteiger partial charge in [-0.2, -0.15) is 0 Å². The van der Waals surface area contributed by atoms with E-state index in [4.69, 9.17) is 0 Å². The zero-order chi connectivity index (χ0) is 12.1. The summed E-state index contributed by atoms with van der Waals surface area (Å²) in [5.74, 6) is -0.0229. The first-order chi connectivity index (χ1) is 8.31. The van der Waals surface area contributed by atoms with Gasteiger partial charge < -0.3 is 0 Å². The van der Waals surface area contributed by atoms with Gasteiger partial charge >= 0.3 is 0 Å². The molecule has 0 radical (unpaired) electrons. The van der Waals surface area contributed by atoms with Crippen molar-refractivity contribution < 1.29 is 9.59 Å². The van der Waals surface area contributed by atoms with Crippen molar-refractivity contribution in [3.8, 4) is 0 Å². The number of ketones is 1. The van der Waals surface area contributed by atoms with Crippen molar-refractivity contribution >= 4 is 12.1 Å². The molecule has 0 unspecified atom stereocenters. The van der Waals surface area contributed by atoms with Crippen LogP contribution >= 0.6 is 0 Å². The molecule has 2 heteroatoms. The number of allylic oxidation sites excluding steroid dienone is 6. The van der Waals surface area contributed by atoms with Crippen molar-refractivity contribution in [1.29, 1.82) is 0 Å². The topological polar surface area (TPSA) is 34.1 Å². The maximum Gasteiger partial charge on any atom is 0.193 e. The minimum Gasteiger partial charge on any atom is -0.298 e. The van der Waals surface area contributed by atoms with Gasteiger partial charge in [0.2, 0.25) is 0 Å². The van der Waals surface area contributed by atoms with Crippen LogP contribution in [0.5, 0.6) is 0 Å². The fraction of sp³-hybridized carbons (Fsp3) is 0.0667. The van der Waals surface area contributed by atoms with Crippen molar-refractivity contribution in [3.05, 3.63) is 71.3 Å². The molecule has 0 saturated carbocycles. The molecule has 84 valence electrons. The molecular formula is C15H12O2. The maximum atomic E-state index is 12.1. The Kier molecular flexibility index (Phi) is 3.46. The molecule has 17 heavy (non-hydrogen) atoms. The van der Waals surface area contributed by atoms with E-state index in [2.05, 4.69) is 0 Å². The normalized spacial score (nSPS) is 14.0. The molecule has 1 aliphatic rings.